The third-order valence-corrected chi connectivity index (χ3v) is 4.78. The van der Waals surface area contributed by atoms with Crippen molar-refractivity contribution in [2.45, 2.75) is 19.1 Å². The summed E-state index contributed by atoms with van der Waals surface area (Å²) in [7, 11) is 4.62. The molecule has 0 fully saturated rings. The fourth-order valence-corrected chi connectivity index (χ4v) is 3.13. The molecule has 0 aromatic carbocycles. The maximum absolute atomic E-state index is 12.8. The summed E-state index contributed by atoms with van der Waals surface area (Å²) in [6.45, 7) is 1.99. The zero-order valence-electron chi connectivity index (χ0n) is 17.0. The first-order chi connectivity index (χ1) is 14.3. The number of aromatic nitrogens is 3. The van der Waals surface area contributed by atoms with Crippen molar-refractivity contribution in [3.05, 3.63) is 40.6 Å². The van der Waals surface area contributed by atoms with Crippen LogP contribution in [0.15, 0.2) is 18.5 Å². The Bertz CT molecular complexity index is 957. The van der Waals surface area contributed by atoms with Gasteiger partial charge in [0.1, 0.15) is 18.8 Å². The van der Waals surface area contributed by atoms with E-state index in [1.165, 1.54) is 24.4 Å². The number of fused-ring (bicyclic) bond motifs is 1. The van der Waals surface area contributed by atoms with Crippen LogP contribution in [0, 0.1) is 6.92 Å². The van der Waals surface area contributed by atoms with Gasteiger partial charge in [0.2, 0.25) is 5.82 Å². The van der Waals surface area contributed by atoms with E-state index in [0.29, 0.717) is 22.3 Å². The number of hydrogen-bond acceptors (Lipinski definition) is 8. The lowest BCUT2D eigenvalue weighted by molar-refractivity contribution is -0.120. The largest absolute Gasteiger partial charge is 0.487 e. The zero-order valence-corrected chi connectivity index (χ0v) is 17.8. The van der Waals surface area contributed by atoms with Crippen LogP contribution in [0.2, 0.25) is 5.02 Å². The van der Waals surface area contributed by atoms with Crippen LogP contribution in [0.4, 0.5) is 5.82 Å². The minimum absolute atomic E-state index is 0.0903. The molecule has 1 unspecified atom stereocenters. The summed E-state index contributed by atoms with van der Waals surface area (Å²) < 4.78 is 16.2. The van der Waals surface area contributed by atoms with Gasteiger partial charge in [-0.3, -0.25) is 14.5 Å². The van der Waals surface area contributed by atoms with Gasteiger partial charge in [-0.1, -0.05) is 11.6 Å². The number of pyridine rings is 1. The van der Waals surface area contributed by atoms with E-state index in [4.69, 9.17) is 25.8 Å². The van der Waals surface area contributed by atoms with E-state index in [2.05, 4.69) is 20.3 Å². The maximum Gasteiger partial charge on any atom is 0.289 e. The van der Waals surface area contributed by atoms with Gasteiger partial charge in [-0.2, -0.15) is 0 Å². The number of amides is 2. The molecular formula is C19H22ClN5O5. The van der Waals surface area contributed by atoms with Gasteiger partial charge in [0, 0.05) is 39.7 Å². The van der Waals surface area contributed by atoms with Crippen LogP contribution in [-0.2, 0) is 14.3 Å². The van der Waals surface area contributed by atoms with Crippen molar-refractivity contribution in [1.82, 2.24) is 20.3 Å². The molecule has 2 amide bonds. The molecule has 3 rings (SSSR count). The van der Waals surface area contributed by atoms with Gasteiger partial charge >= 0.3 is 0 Å². The molecule has 2 aromatic rings. The molecule has 160 valence electrons. The molecular weight excluding hydrogens is 414 g/mol. The number of carbonyl (C=O) groups is 2. The first-order valence-electron chi connectivity index (χ1n) is 9.07. The molecule has 1 N–H and O–H groups in total. The number of likely N-dealkylation sites (N-methyl/N-ethyl adjacent to an activating group) is 1. The summed E-state index contributed by atoms with van der Waals surface area (Å²) >= 11 is 5.95. The van der Waals surface area contributed by atoms with Gasteiger partial charge in [0.05, 0.1) is 17.3 Å². The zero-order chi connectivity index (χ0) is 21.8. The summed E-state index contributed by atoms with van der Waals surface area (Å²) in [5.41, 5.74) is 1.29. The average Bonchev–Trinajstić information content (AvgIpc) is 2.84. The Morgan fingerprint density at radius 3 is 2.87 bits per heavy atom. The molecule has 1 aliphatic rings. The van der Waals surface area contributed by atoms with Crippen molar-refractivity contribution < 1.29 is 23.8 Å². The number of aryl methyl sites for hydroxylation is 1. The quantitative estimate of drug-likeness (QED) is 0.722. The molecule has 2 atom stereocenters. The number of anilines is 1. The van der Waals surface area contributed by atoms with Gasteiger partial charge in [-0.15, -0.1) is 0 Å². The lowest BCUT2D eigenvalue weighted by atomic mass is 10.1. The number of carbonyl (C=O) groups excluding carboxylic acids is 2. The number of hydrogen-bond donors (Lipinski definition) is 1. The van der Waals surface area contributed by atoms with Crippen molar-refractivity contribution in [3.63, 3.8) is 0 Å². The molecule has 0 radical (unpaired) electrons. The minimum atomic E-state index is -0.957. The SMILES string of the molecule is COCC(OC)c1nc(C(=O)N[C@H]2COc3cc(Cl)cnc3N(C)C2=O)ncc1C. The van der Waals surface area contributed by atoms with E-state index in [1.807, 2.05) is 6.92 Å². The number of nitrogens with zero attached hydrogens (tertiary/aromatic N) is 4. The lowest BCUT2D eigenvalue weighted by Gasteiger charge is -2.20. The number of nitrogens with one attached hydrogen (secondary N) is 1. The van der Waals surface area contributed by atoms with E-state index < -0.39 is 24.0 Å². The molecule has 0 spiro atoms. The summed E-state index contributed by atoms with van der Waals surface area (Å²) in [6.07, 6.45) is 2.49. The Balaban J connectivity index is 1.80. The van der Waals surface area contributed by atoms with Gasteiger partial charge in [0.15, 0.2) is 11.6 Å². The molecule has 11 heteroatoms. The fraction of sp³-hybridized carbons (Fsp3) is 0.421. The molecule has 1 aliphatic heterocycles. The molecule has 30 heavy (non-hydrogen) atoms. The molecule has 3 heterocycles. The van der Waals surface area contributed by atoms with E-state index >= 15 is 0 Å². The van der Waals surface area contributed by atoms with Crippen molar-refractivity contribution in [2.75, 3.05) is 39.4 Å². The second-order valence-electron chi connectivity index (χ2n) is 6.65. The molecule has 10 nitrogen and oxygen atoms in total. The third-order valence-electron chi connectivity index (χ3n) is 4.58. The van der Waals surface area contributed by atoms with Gasteiger partial charge in [-0.25, -0.2) is 15.0 Å². The van der Waals surface area contributed by atoms with Crippen molar-refractivity contribution >= 4 is 29.2 Å². The van der Waals surface area contributed by atoms with Crippen LogP contribution in [0.1, 0.15) is 28.0 Å². The highest BCUT2D eigenvalue weighted by Crippen LogP contribution is 2.30. The van der Waals surface area contributed by atoms with Gasteiger partial charge < -0.3 is 19.5 Å². The Morgan fingerprint density at radius 1 is 1.40 bits per heavy atom. The van der Waals surface area contributed by atoms with Crippen molar-refractivity contribution in [3.8, 4) is 5.75 Å². The first kappa shape index (κ1) is 21.9. The number of ether oxygens (including phenoxy) is 3. The Hall–Kier alpha value is -2.82. The van der Waals surface area contributed by atoms with Crippen molar-refractivity contribution in [1.29, 1.82) is 0 Å². The standard InChI is InChI=1S/C19H22ClN5O5/c1-10-6-21-16(24-15(10)14(29-4)9-28-3)18(26)23-12-8-30-13-5-11(20)7-22-17(13)25(2)19(12)27/h5-7,12,14H,8-9H2,1-4H3,(H,23,26)/t12-,14?/m0/s1. The average molecular weight is 436 g/mol. The summed E-state index contributed by atoms with van der Waals surface area (Å²) in [4.78, 5) is 39.4. The highest BCUT2D eigenvalue weighted by molar-refractivity contribution is 6.30. The lowest BCUT2D eigenvalue weighted by Crippen LogP contribution is -2.49. The van der Waals surface area contributed by atoms with Gasteiger partial charge in [0.25, 0.3) is 11.8 Å². The molecule has 0 saturated heterocycles. The summed E-state index contributed by atoms with van der Waals surface area (Å²) in [5.74, 6) is -0.426. The second kappa shape index (κ2) is 9.33. The van der Waals surface area contributed by atoms with Gasteiger partial charge in [-0.05, 0) is 12.5 Å². The van der Waals surface area contributed by atoms with Crippen LogP contribution >= 0.6 is 11.6 Å². The van der Waals surface area contributed by atoms with Crippen molar-refractivity contribution in [2.24, 2.45) is 0 Å². The van der Waals surface area contributed by atoms with Crippen LogP contribution < -0.4 is 15.0 Å². The van der Waals surface area contributed by atoms with E-state index in [1.54, 1.807) is 20.2 Å². The predicted octanol–water partition coefficient (Wildman–Crippen LogP) is 1.32. The third kappa shape index (κ3) is 4.50. The highest BCUT2D eigenvalue weighted by atomic mass is 35.5. The Labute approximate surface area is 178 Å². The highest BCUT2D eigenvalue weighted by Gasteiger charge is 2.32. The maximum atomic E-state index is 12.8. The number of rotatable bonds is 6. The molecule has 0 aliphatic carbocycles. The number of halogens is 1. The Morgan fingerprint density at radius 2 is 2.17 bits per heavy atom. The monoisotopic (exact) mass is 435 g/mol. The van der Waals surface area contributed by atoms with E-state index in [-0.39, 0.29) is 19.0 Å². The first-order valence-corrected chi connectivity index (χ1v) is 9.45. The molecule has 2 aromatic heterocycles. The van der Waals surface area contributed by atoms with Crippen LogP contribution in [0.5, 0.6) is 5.75 Å². The smallest absolute Gasteiger partial charge is 0.289 e. The molecule has 0 saturated carbocycles. The van der Waals surface area contributed by atoms with Crippen LogP contribution in [0.3, 0.4) is 0 Å². The van der Waals surface area contributed by atoms with Crippen LogP contribution in [-0.4, -0.2) is 67.3 Å². The van der Waals surface area contributed by atoms with Crippen LogP contribution in [0.25, 0.3) is 0 Å². The summed E-state index contributed by atoms with van der Waals surface area (Å²) in [6, 6.07) is 0.606. The normalized spacial score (nSPS) is 17.0. The fourth-order valence-electron chi connectivity index (χ4n) is 2.98. The second-order valence-corrected chi connectivity index (χ2v) is 7.09. The Kier molecular flexibility index (Phi) is 6.80. The topological polar surface area (TPSA) is 116 Å². The molecule has 0 bridgehead atoms. The summed E-state index contributed by atoms with van der Waals surface area (Å²) in [5, 5.41) is 3.00. The van der Waals surface area contributed by atoms with E-state index in [0.717, 1.165) is 5.56 Å². The predicted molar refractivity (Wildman–Crippen MR) is 108 cm³/mol. The van der Waals surface area contributed by atoms with E-state index in [9.17, 15) is 9.59 Å². The minimum Gasteiger partial charge on any atom is -0.487 e. The number of methoxy groups -OCH3 is 2.